The summed E-state index contributed by atoms with van der Waals surface area (Å²) >= 11 is 0. The molecule has 3 heterocycles. The Morgan fingerprint density at radius 3 is 2.76 bits per heavy atom. The zero-order valence-corrected chi connectivity index (χ0v) is 19.9. The van der Waals surface area contributed by atoms with E-state index >= 15 is 0 Å². The van der Waals surface area contributed by atoms with Gasteiger partial charge in [0, 0.05) is 31.0 Å². The number of carbonyl (C=O) groups excluding carboxylic acids is 1. The molecule has 1 aliphatic heterocycles. The van der Waals surface area contributed by atoms with Gasteiger partial charge in [0.25, 0.3) is 11.5 Å². The Kier molecular flexibility index (Phi) is 6.89. The highest BCUT2D eigenvalue weighted by Gasteiger charge is 2.15. The fraction of sp³-hybridized carbons (Fsp3) is 0.138. The third-order valence-electron chi connectivity index (χ3n) is 6.18. The van der Waals surface area contributed by atoms with Crippen molar-refractivity contribution in [3.8, 4) is 0 Å². The van der Waals surface area contributed by atoms with Crippen molar-refractivity contribution in [1.29, 1.82) is 0 Å². The topological polar surface area (TPSA) is 76.0 Å². The quantitative estimate of drug-likeness (QED) is 0.403. The first-order valence-corrected chi connectivity index (χ1v) is 11.9. The van der Waals surface area contributed by atoms with Crippen LogP contribution in [0.2, 0.25) is 0 Å². The maximum atomic E-state index is 13.6. The lowest BCUT2D eigenvalue weighted by molar-refractivity contribution is 0.0948. The number of rotatable bonds is 6. The van der Waals surface area contributed by atoms with Crippen LogP contribution in [0.3, 0.4) is 0 Å². The van der Waals surface area contributed by atoms with Crippen LogP contribution >= 0.6 is 0 Å². The molecule has 186 valence electrons. The van der Waals surface area contributed by atoms with E-state index in [1.165, 1.54) is 22.9 Å². The van der Waals surface area contributed by atoms with Gasteiger partial charge in [-0.3, -0.25) is 9.59 Å². The molecule has 0 spiro atoms. The zero-order chi connectivity index (χ0) is 25.8. The van der Waals surface area contributed by atoms with Crippen molar-refractivity contribution in [3.63, 3.8) is 0 Å². The first-order valence-electron chi connectivity index (χ1n) is 11.9. The Morgan fingerprint density at radius 1 is 1.00 bits per heavy atom. The number of hydrogen-bond donors (Lipinski definition) is 2. The van der Waals surface area contributed by atoms with Gasteiger partial charge in [0.15, 0.2) is 11.6 Å². The van der Waals surface area contributed by atoms with Gasteiger partial charge in [-0.05, 0) is 71.1 Å². The second-order valence-corrected chi connectivity index (χ2v) is 8.72. The number of hydrogen-bond acceptors (Lipinski definition) is 4. The molecule has 0 aliphatic carbocycles. The summed E-state index contributed by atoms with van der Waals surface area (Å²) in [6, 6.07) is 18.3. The van der Waals surface area contributed by atoms with Crippen LogP contribution in [0.25, 0.3) is 5.57 Å². The number of aromatic nitrogens is 2. The number of benzene rings is 2. The van der Waals surface area contributed by atoms with Crippen molar-refractivity contribution >= 4 is 17.3 Å². The van der Waals surface area contributed by atoms with Crippen LogP contribution in [0.4, 0.5) is 14.6 Å². The zero-order valence-electron chi connectivity index (χ0n) is 19.9. The molecule has 0 bridgehead atoms. The fourth-order valence-electron chi connectivity index (χ4n) is 4.35. The van der Waals surface area contributed by atoms with Gasteiger partial charge in [0.05, 0.1) is 6.54 Å². The molecule has 2 aromatic heterocycles. The van der Waals surface area contributed by atoms with Crippen molar-refractivity contribution < 1.29 is 13.6 Å². The minimum absolute atomic E-state index is 0.0134. The molecule has 1 amide bonds. The number of pyridine rings is 2. The first-order chi connectivity index (χ1) is 18.0. The van der Waals surface area contributed by atoms with Crippen molar-refractivity contribution in [2.45, 2.75) is 19.5 Å². The number of anilines is 1. The van der Waals surface area contributed by atoms with E-state index in [2.05, 4.69) is 21.7 Å². The van der Waals surface area contributed by atoms with Gasteiger partial charge in [-0.1, -0.05) is 30.3 Å². The average Bonchev–Trinajstić information content (AvgIpc) is 3.13. The lowest BCUT2D eigenvalue weighted by Crippen LogP contribution is -2.32. The summed E-state index contributed by atoms with van der Waals surface area (Å²) in [5, 5.41) is 6.16. The van der Waals surface area contributed by atoms with Gasteiger partial charge in [-0.15, -0.1) is 0 Å². The molecule has 0 saturated heterocycles. The van der Waals surface area contributed by atoms with Crippen LogP contribution in [0.15, 0.2) is 90.0 Å². The Morgan fingerprint density at radius 2 is 1.89 bits per heavy atom. The van der Waals surface area contributed by atoms with Crippen molar-refractivity contribution in [2.75, 3.05) is 11.9 Å². The van der Waals surface area contributed by atoms with Gasteiger partial charge in [-0.25, -0.2) is 13.8 Å². The highest BCUT2D eigenvalue weighted by molar-refractivity contribution is 5.93. The van der Waals surface area contributed by atoms with Gasteiger partial charge >= 0.3 is 0 Å². The Labute approximate surface area is 212 Å². The van der Waals surface area contributed by atoms with E-state index in [0.29, 0.717) is 5.56 Å². The molecule has 8 heteroatoms. The summed E-state index contributed by atoms with van der Waals surface area (Å²) in [5.74, 6) is -1.62. The van der Waals surface area contributed by atoms with E-state index in [9.17, 15) is 18.4 Å². The number of halogens is 2. The van der Waals surface area contributed by atoms with Crippen LogP contribution in [0, 0.1) is 11.6 Å². The molecule has 6 nitrogen and oxygen atoms in total. The lowest BCUT2D eigenvalue weighted by atomic mass is 9.96. The van der Waals surface area contributed by atoms with E-state index in [1.54, 1.807) is 12.3 Å². The molecule has 0 fully saturated rings. The molecule has 0 radical (unpaired) electrons. The van der Waals surface area contributed by atoms with E-state index in [0.717, 1.165) is 53.2 Å². The Bertz CT molecular complexity index is 1560. The number of fused-ring (bicyclic) bond motifs is 1. The summed E-state index contributed by atoms with van der Waals surface area (Å²) in [6.07, 6.45) is 6.30. The smallest absolute Gasteiger partial charge is 0.263 e. The van der Waals surface area contributed by atoms with E-state index in [-0.39, 0.29) is 18.7 Å². The molecule has 0 unspecified atom stereocenters. The SMILES string of the molecule is O=C(NCc1cccc(C2=CCCNc3ncccc32)c1)c1cccn(Cc2ccc(F)c(F)c2)c1=O. The molecule has 2 aromatic carbocycles. The van der Waals surface area contributed by atoms with Gasteiger partial charge in [0.1, 0.15) is 11.4 Å². The van der Waals surface area contributed by atoms with Crippen LogP contribution in [0.1, 0.15) is 39.0 Å². The second-order valence-electron chi connectivity index (χ2n) is 8.72. The van der Waals surface area contributed by atoms with Crippen LogP contribution in [0.5, 0.6) is 0 Å². The maximum absolute atomic E-state index is 13.6. The monoisotopic (exact) mass is 498 g/mol. The summed E-state index contributed by atoms with van der Waals surface area (Å²) < 4.78 is 28.1. The molecule has 5 rings (SSSR count). The Balaban J connectivity index is 1.32. The van der Waals surface area contributed by atoms with Gasteiger partial charge < -0.3 is 15.2 Å². The second kappa shape index (κ2) is 10.6. The lowest BCUT2D eigenvalue weighted by Gasteiger charge is -2.12. The standard InChI is InChI=1S/C29H24F2N4O2/c30-25-11-10-20(16-26(25)31)18-35-14-4-9-24(29(35)37)28(36)34-17-19-5-1-6-21(15-19)22-7-2-12-32-27-23(22)8-3-13-33-27/h1,3-11,13-16H,2,12,17-18H2,(H,32,33)(H,34,36). The van der Waals surface area contributed by atoms with E-state index in [1.807, 2.05) is 36.4 Å². The van der Waals surface area contributed by atoms with E-state index in [4.69, 9.17) is 0 Å². The number of carbonyl (C=O) groups is 1. The molecular weight excluding hydrogens is 474 g/mol. The minimum atomic E-state index is -0.989. The Hall–Kier alpha value is -4.59. The summed E-state index contributed by atoms with van der Waals surface area (Å²) in [5.41, 5.74) is 3.86. The molecule has 0 saturated carbocycles. The number of nitrogens with zero attached hydrogens (tertiary/aromatic N) is 2. The predicted molar refractivity (Wildman–Crippen MR) is 138 cm³/mol. The van der Waals surface area contributed by atoms with Crippen LogP contribution in [-0.4, -0.2) is 22.0 Å². The molecular formula is C29H24F2N4O2. The third kappa shape index (κ3) is 5.33. The first kappa shape index (κ1) is 24.1. The minimum Gasteiger partial charge on any atom is -0.369 e. The molecule has 0 atom stereocenters. The van der Waals surface area contributed by atoms with Gasteiger partial charge in [-0.2, -0.15) is 0 Å². The normalized spacial score (nSPS) is 12.6. The summed E-state index contributed by atoms with van der Waals surface area (Å²) in [7, 11) is 0. The molecule has 1 aliphatic rings. The highest BCUT2D eigenvalue weighted by atomic mass is 19.2. The summed E-state index contributed by atoms with van der Waals surface area (Å²) in [6.45, 7) is 1.04. The molecule has 2 N–H and O–H groups in total. The van der Waals surface area contributed by atoms with Crippen LogP contribution < -0.4 is 16.2 Å². The summed E-state index contributed by atoms with van der Waals surface area (Å²) in [4.78, 5) is 30.2. The third-order valence-corrected chi connectivity index (χ3v) is 6.18. The maximum Gasteiger partial charge on any atom is 0.263 e. The van der Waals surface area contributed by atoms with Crippen molar-refractivity contribution in [2.24, 2.45) is 0 Å². The molecule has 4 aromatic rings. The van der Waals surface area contributed by atoms with Crippen molar-refractivity contribution in [1.82, 2.24) is 14.9 Å². The number of nitrogens with one attached hydrogen (secondary N) is 2. The van der Waals surface area contributed by atoms with E-state index < -0.39 is 23.1 Å². The predicted octanol–water partition coefficient (Wildman–Crippen LogP) is 4.75. The van der Waals surface area contributed by atoms with Gasteiger partial charge in [0.2, 0.25) is 0 Å². The highest BCUT2D eigenvalue weighted by Crippen LogP contribution is 2.30. The largest absolute Gasteiger partial charge is 0.369 e. The molecule has 37 heavy (non-hydrogen) atoms. The van der Waals surface area contributed by atoms with Crippen molar-refractivity contribution in [3.05, 3.63) is 135 Å². The average molecular weight is 499 g/mol. The fourth-order valence-corrected chi connectivity index (χ4v) is 4.35. The van der Waals surface area contributed by atoms with Crippen LogP contribution in [-0.2, 0) is 13.1 Å². The number of amides is 1.